The Bertz CT molecular complexity index is 998. The number of nitrogens with zero attached hydrogens (tertiary/aromatic N) is 2. The van der Waals surface area contributed by atoms with Gasteiger partial charge in [-0.05, 0) is 47.5 Å². The van der Waals surface area contributed by atoms with Crippen LogP contribution in [-0.4, -0.2) is 9.55 Å². The highest BCUT2D eigenvalue weighted by molar-refractivity contribution is 5.81. The lowest BCUT2D eigenvalue weighted by atomic mass is 10.1. The second-order valence-electron chi connectivity index (χ2n) is 6.15. The Morgan fingerprint density at radius 3 is 2.20 bits per heavy atom. The van der Waals surface area contributed by atoms with E-state index in [0.29, 0.717) is 6.54 Å². The Balaban J connectivity index is 1.82. The van der Waals surface area contributed by atoms with Crippen molar-refractivity contribution in [1.82, 2.24) is 9.55 Å². The van der Waals surface area contributed by atoms with Crippen molar-refractivity contribution >= 4 is 16.7 Å². The average molecular weight is 328 g/mol. The highest BCUT2D eigenvalue weighted by Crippen LogP contribution is 2.26. The second kappa shape index (κ2) is 6.42. The lowest BCUT2D eigenvalue weighted by molar-refractivity contribution is 0.833. The lowest BCUT2D eigenvalue weighted by Gasteiger charge is -2.10. The fourth-order valence-electron chi connectivity index (χ4n) is 3.05. The molecule has 4 nitrogen and oxygen atoms in total. The standard InChI is InChI=1S/C21H20N4/c22-13-15-5-7-16(8-6-15)14-25-20-4-2-1-3-19(20)24-21(25)17-9-11-18(23)12-10-17/h1-12H,13-14,22-23H2. The molecule has 4 heteroatoms. The topological polar surface area (TPSA) is 69.9 Å². The van der Waals surface area contributed by atoms with Gasteiger partial charge in [0.05, 0.1) is 11.0 Å². The van der Waals surface area contributed by atoms with Crippen LogP contribution in [0.5, 0.6) is 0 Å². The molecule has 25 heavy (non-hydrogen) atoms. The molecule has 3 aromatic carbocycles. The van der Waals surface area contributed by atoms with Gasteiger partial charge in [-0.25, -0.2) is 4.98 Å². The zero-order valence-corrected chi connectivity index (χ0v) is 13.9. The van der Waals surface area contributed by atoms with E-state index in [1.165, 1.54) is 5.56 Å². The first-order valence-electron chi connectivity index (χ1n) is 8.33. The number of para-hydroxylation sites is 2. The summed E-state index contributed by atoms with van der Waals surface area (Å²) >= 11 is 0. The molecule has 1 heterocycles. The van der Waals surface area contributed by atoms with Gasteiger partial charge < -0.3 is 16.0 Å². The number of anilines is 1. The molecule has 0 fully saturated rings. The molecule has 1 aromatic heterocycles. The first-order chi connectivity index (χ1) is 12.2. The van der Waals surface area contributed by atoms with E-state index in [1.807, 2.05) is 42.5 Å². The second-order valence-corrected chi connectivity index (χ2v) is 6.15. The van der Waals surface area contributed by atoms with E-state index in [1.54, 1.807) is 0 Å². The molecular formula is C21H20N4. The maximum Gasteiger partial charge on any atom is 0.141 e. The molecule has 0 aliphatic rings. The van der Waals surface area contributed by atoms with Crippen LogP contribution in [0, 0.1) is 0 Å². The van der Waals surface area contributed by atoms with Gasteiger partial charge in [0.2, 0.25) is 0 Å². The number of imidazole rings is 1. The Kier molecular flexibility index (Phi) is 3.96. The molecule has 0 saturated heterocycles. The van der Waals surface area contributed by atoms with Gasteiger partial charge in [-0.1, -0.05) is 36.4 Å². The summed E-state index contributed by atoms with van der Waals surface area (Å²) in [6.07, 6.45) is 0. The minimum Gasteiger partial charge on any atom is -0.399 e. The molecule has 4 N–H and O–H groups in total. The summed E-state index contributed by atoms with van der Waals surface area (Å²) in [5.41, 5.74) is 17.8. The highest BCUT2D eigenvalue weighted by atomic mass is 15.1. The van der Waals surface area contributed by atoms with Crippen LogP contribution in [-0.2, 0) is 13.1 Å². The molecule has 0 aliphatic heterocycles. The summed E-state index contributed by atoms with van der Waals surface area (Å²) in [6, 6.07) is 24.5. The van der Waals surface area contributed by atoms with E-state index < -0.39 is 0 Å². The summed E-state index contributed by atoms with van der Waals surface area (Å²) in [5, 5.41) is 0. The van der Waals surface area contributed by atoms with Crippen molar-refractivity contribution in [3.63, 3.8) is 0 Å². The van der Waals surface area contributed by atoms with Gasteiger partial charge in [0.15, 0.2) is 0 Å². The molecule has 0 amide bonds. The molecule has 0 radical (unpaired) electrons. The number of aromatic nitrogens is 2. The van der Waals surface area contributed by atoms with E-state index in [4.69, 9.17) is 16.5 Å². The molecule has 0 aliphatic carbocycles. The summed E-state index contributed by atoms with van der Waals surface area (Å²) in [4.78, 5) is 4.84. The van der Waals surface area contributed by atoms with Crippen LogP contribution in [0.3, 0.4) is 0 Å². The van der Waals surface area contributed by atoms with E-state index in [9.17, 15) is 0 Å². The molecule has 4 aromatic rings. The third kappa shape index (κ3) is 2.99. The smallest absolute Gasteiger partial charge is 0.141 e. The van der Waals surface area contributed by atoms with Crippen LogP contribution >= 0.6 is 0 Å². The van der Waals surface area contributed by atoms with Crippen molar-refractivity contribution in [1.29, 1.82) is 0 Å². The molecule has 124 valence electrons. The number of nitrogens with two attached hydrogens (primary N) is 2. The zero-order chi connectivity index (χ0) is 17.2. The largest absolute Gasteiger partial charge is 0.399 e. The van der Waals surface area contributed by atoms with Crippen molar-refractivity contribution in [2.75, 3.05) is 5.73 Å². The Hall–Kier alpha value is -3.11. The van der Waals surface area contributed by atoms with Crippen LogP contribution in [0.2, 0.25) is 0 Å². The average Bonchev–Trinajstić information content (AvgIpc) is 3.02. The van der Waals surface area contributed by atoms with Crippen molar-refractivity contribution in [2.24, 2.45) is 5.73 Å². The Morgan fingerprint density at radius 2 is 1.48 bits per heavy atom. The fourth-order valence-corrected chi connectivity index (χ4v) is 3.05. The number of benzene rings is 3. The maximum atomic E-state index is 5.83. The van der Waals surface area contributed by atoms with Crippen LogP contribution < -0.4 is 11.5 Å². The van der Waals surface area contributed by atoms with E-state index in [0.717, 1.165) is 40.2 Å². The summed E-state index contributed by atoms with van der Waals surface area (Å²) in [5.74, 6) is 0.948. The summed E-state index contributed by atoms with van der Waals surface area (Å²) in [6.45, 7) is 1.32. The van der Waals surface area contributed by atoms with Gasteiger partial charge in [0.1, 0.15) is 5.82 Å². The SMILES string of the molecule is NCc1ccc(Cn2c(-c3ccc(N)cc3)nc3ccccc32)cc1. The first kappa shape index (κ1) is 15.4. The lowest BCUT2D eigenvalue weighted by Crippen LogP contribution is -2.03. The van der Waals surface area contributed by atoms with E-state index in [2.05, 4.69) is 34.9 Å². The van der Waals surface area contributed by atoms with Crippen LogP contribution in [0.4, 0.5) is 5.69 Å². The van der Waals surface area contributed by atoms with Gasteiger partial charge in [-0.15, -0.1) is 0 Å². The van der Waals surface area contributed by atoms with Gasteiger partial charge in [0.25, 0.3) is 0 Å². The van der Waals surface area contributed by atoms with Crippen LogP contribution in [0.15, 0.2) is 72.8 Å². The fraction of sp³-hybridized carbons (Fsp3) is 0.0952. The highest BCUT2D eigenvalue weighted by Gasteiger charge is 2.12. The maximum absolute atomic E-state index is 5.83. The molecule has 0 atom stereocenters. The van der Waals surface area contributed by atoms with E-state index in [-0.39, 0.29) is 0 Å². The predicted molar refractivity (Wildman–Crippen MR) is 103 cm³/mol. The Labute approximate surface area is 146 Å². The van der Waals surface area contributed by atoms with Crippen LogP contribution in [0.1, 0.15) is 11.1 Å². The normalized spacial score (nSPS) is 11.1. The van der Waals surface area contributed by atoms with Gasteiger partial charge in [-0.2, -0.15) is 0 Å². The first-order valence-corrected chi connectivity index (χ1v) is 8.33. The minimum atomic E-state index is 0.560. The van der Waals surface area contributed by atoms with Crippen molar-refractivity contribution in [3.05, 3.63) is 83.9 Å². The molecule has 0 saturated carbocycles. The quantitative estimate of drug-likeness (QED) is 0.560. The number of rotatable bonds is 4. The Morgan fingerprint density at radius 1 is 0.800 bits per heavy atom. The van der Waals surface area contributed by atoms with Crippen molar-refractivity contribution in [2.45, 2.75) is 13.1 Å². The summed E-state index contributed by atoms with van der Waals surface area (Å²) < 4.78 is 2.25. The molecular weight excluding hydrogens is 308 g/mol. The van der Waals surface area contributed by atoms with Gasteiger partial charge >= 0.3 is 0 Å². The van der Waals surface area contributed by atoms with E-state index >= 15 is 0 Å². The molecule has 0 unspecified atom stereocenters. The van der Waals surface area contributed by atoms with Crippen molar-refractivity contribution < 1.29 is 0 Å². The van der Waals surface area contributed by atoms with Crippen molar-refractivity contribution in [3.8, 4) is 11.4 Å². The summed E-state index contributed by atoms with van der Waals surface area (Å²) in [7, 11) is 0. The minimum absolute atomic E-state index is 0.560. The third-order valence-electron chi connectivity index (χ3n) is 4.42. The zero-order valence-electron chi connectivity index (χ0n) is 13.9. The van der Waals surface area contributed by atoms with Gasteiger partial charge in [0, 0.05) is 24.3 Å². The number of fused-ring (bicyclic) bond motifs is 1. The van der Waals surface area contributed by atoms with Crippen LogP contribution in [0.25, 0.3) is 22.4 Å². The van der Waals surface area contributed by atoms with Gasteiger partial charge in [-0.3, -0.25) is 0 Å². The molecule has 0 bridgehead atoms. The number of hydrogen-bond donors (Lipinski definition) is 2. The molecule has 0 spiro atoms. The predicted octanol–water partition coefficient (Wildman–Crippen LogP) is 3.79. The third-order valence-corrected chi connectivity index (χ3v) is 4.42. The number of nitrogen functional groups attached to an aromatic ring is 1. The number of hydrogen-bond acceptors (Lipinski definition) is 3. The molecule has 4 rings (SSSR count). The monoisotopic (exact) mass is 328 g/mol.